The molecule has 2 aromatic heterocycles. The smallest absolute Gasteiger partial charge is 0.324 e. The normalized spacial score (nSPS) is 24.3. The summed E-state index contributed by atoms with van der Waals surface area (Å²) < 4.78 is 14.2. The predicted molar refractivity (Wildman–Crippen MR) is 240 cm³/mol. The van der Waals surface area contributed by atoms with Crippen molar-refractivity contribution < 1.29 is 33.8 Å². The second-order valence-electron chi connectivity index (χ2n) is 19.2. The Kier molecular flexibility index (Phi) is 12.4. The second-order valence-corrected chi connectivity index (χ2v) is 19.2. The highest BCUT2D eigenvalue weighted by Crippen LogP contribution is 2.46. The van der Waals surface area contributed by atoms with Crippen LogP contribution < -0.4 is 16.1 Å². The Balaban J connectivity index is 1.22. The lowest BCUT2D eigenvalue weighted by Gasteiger charge is -2.37. The number of pyridine rings is 1. The summed E-state index contributed by atoms with van der Waals surface area (Å²) in [6, 6.07) is 12.5. The van der Waals surface area contributed by atoms with Gasteiger partial charge in [-0.05, 0) is 122 Å². The molecule has 4 N–H and O–H groups in total. The van der Waals surface area contributed by atoms with Crippen molar-refractivity contribution in [3.05, 3.63) is 71.5 Å². The van der Waals surface area contributed by atoms with Crippen LogP contribution in [0.4, 0.5) is 0 Å². The molecule has 2 saturated heterocycles. The number of ether oxygens (including phenoxy) is 2. The van der Waals surface area contributed by atoms with Crippen LogP contribution in [0.3, 0.4) is 0 Å². The number of hydrogen-bond donors (Lipinski definition) is 4. The SMILES string of the molecule is CCn1c(-c2cccnc2[C@H](C)OC)c2c3cc(ccc31)-c1cc(O)cc(c1)C[C@H](NC(=O)[C@H](C(C)C)N(C)C(=O)[C@@H]1NC[C@@H]3C[C@@H]31)C(=O)N1CCC[C@H](N1)C(=O)OCC(C)(C)C2. The number of fused-ring (bicyclic) bond motifs is 7. The first kappa shape index (κ1) is 44.3. The number of carbonyl (C=O) groups is 4. The van der Waals surface area contributed by atoms with Crippen LogP contribution in [0.1, 0.15) is 83.7 Å². The lowest BCUT2D eigenvalue weighted by atomic mass is 9.84. The minimum atomic E-state index is -1.10. The van der Waals surface area contributed by atoms with E-state index in [1.807, 2.05) is 39.0 Å². The van der Waals surface area contributed by atoms with E-state index in [2.05, 4.69) is 59.6 Å². The molecule has 14 nitrogen and oxygen atoms in total. The molecule has 4 aromatic rings. The lowest BCUT2D eigenvalue weighted by Crippen LogP contribution is -2.62. The number of cyclic esters (lactones) is 1. The number of esters is 1. The summed E-state index contributed by atoms with van der Waals surface area (Å²) >= 11 is 0. The molecule has 7 atom stereocenters. The number of benzene rings is 2. The molecule has 0 radical (unpaired) electrons. The molecule has 1 saturated carbocycles. The lowest BCUT2D eigenvalue weighted by molar-refractivity contribution is -0.155. The quantitative estimate of drug-likeness (QED) is 0.157. The Morgan fingerprint density at radius 1 is 1.11 bits per heavy atom. The van der Waals surface area contributed by atoms with Crippen LogP contribution in [0.5, 0.6) is 5.75 Å². The molecule has 5 heterocycles. The van der Waals surface area contributed by atoms with Gasteiger partial charge in [-0.15, -0.1) is 0 Å². The topological polar surface area (TPSA) is 167 Å². The third kappa shape index (κ3) is 8.82. The largest absolute Gasteiger partial charge is 0.508 e. The fourth-order valence-corrected chi connectivity index (χ4v) is 10.2. The number of rotatable bonds is 9. The van der Waals surface area contributed by atoms with Crippen molar-refractivity contribution in [2.45, 2.75) is 110 Å². The Morgan fingerprint density at radius 3 is 2.60 bits per heavy atom. The van der Waals surface area contributed by atoms with Gasteiger partial charge in [0.25, 0.3) is 5.91 Å². The Hall–Kier alpha value is -5.31. The Labute approximate surface area is 370 Å². The number of phenolic OH excluding ortho intramolecular Hbond substituents is 1. The Bertz CT molecular complexity index is 2410. The molecular weight excluding hydrogens is 799 g/mol. The van der Waals surface area contributed by atoms with Gasteiger partial charge < -0.3 is 34.7 Å². The number of likely N-dealkylation sites (N-methyl/N-ethyl adjacent to an activating group) is 1. The number of hydrogen-bond acceptors (Lipinski definition) is 10. The van der Waals surface area contributed by atoms with Crippen LogP contribution in [0.2, 0.25) is 0 Å². The molecule has 8 rings (SSSR count). The molecule has 1 aliphatic carbocycles. The molecule has 3 amide bonds. The highest BCUT2D eigenvalue weighted by Gasteiger charge is 2.52. The van der Waals surface area contributed by atoms with E-state index in [1.165, 1.54) is 9.91 Å². The van der Waals surface area contributed by atoms with Gasteiger partial charge in [-0.3, -0.25) is 29.2 Å². The van der Waals surface area contributed by atoms with Crippen LogP contribution in [-0.4, -0.2) is 106 Å². The van der Waals surface area contributed by atoms with E-state index < -0.39 is 41.3 Å². The second kappa shape index (κ2) is 17.7. The number of aromatic hydroxyl groups is 1. The molecule has 0 spiro atoms. The standard InChI is InChI=1S/C49H63N7O7/c1-9-55-40-15-14-30-22-36(40)37(44(55)34-12-10-16-50-41(34)28(4)62-8)24-49(5,6)26-63-48(61)38-13-11-17-56(53-38)46(59)39(20-29-18-31(30)21-33(57)19-29)52-45(58)43(27(2)3)54(7)47(60)42-35-23-32(35)25-51-42/h10,12,14-16,18-19,21-22,27-28,32,35,38-39,42-43,51,53,57H,9,11,13,17,20,23-26H2,1-8H3,(H,52,58)/t28-,32-,35-,38-,39-,42+,43-/m0/s1. The zero-order valence-electron chi connectivity index (χ0n) is 37.9. The van der Waals surface area contributed by atoms with Gasteiger partial charge >= 0.3 is 5.97 Å². The fraction of sp³-hybridized carbons (Fsp3) is 0.531. The number of aryl methyl sites for hydroxylation is 1. The molecule has 3 fully saturated rings. The summed E-state index contributed by atoms with van der Waals surface area (Å²) in [4.78, 5) is 63.1. The summed E-state index contributed by atoms with van der Waals surface area (Å²) in [6.45, 7) is 14.0. The average Bonchev–Trinajstić information content (AvgIpc) is 3.82. The van der Waals surface area contributed by atoms with Crippen molar-refractivity contribution in [2.75, 3.05) is 33.9 Å². The highest BCUT2D eigenvalue weighted by molar-refractivity contribution is 5.96. The Morgan fingerprint density at radius 2 is 1.90 bits per heavy atom. The maximum atomic E-state index is 14.7. The van der Waals surface area contributed by atoms with E-state index in [-0.39, 0.29) is 48.7 Å². The minimum absolute atomic E-state index is 0.0167. The van der Waals surface area contributed by atoms with Gasteiger partial charge in [0.2, 0.25) is 11.8 Å². The number of hydrazine groups is 1. The van der Waals surface area contributed by atoms with Gasteiger partial charge in [-0.1, -0.05) is 39.8 Å². The average molecular weight is 862 g/mol. The minimum Gasteiger partial charge on any atom is -0.508 e. The van der Waals surface area contributed by atoms with Crippen molar-refractivity contribution in [3.63, 3.8) is 0 Å². The van der Waals surface area contributed by atoms with E-state index in [1.54, 1.807) is 32.5 Å². The monoisotopic (exact) mass is 861 g/mol. The number of amides is 3. The number of phenols is 1. The van der Waals surface area contributed by atoms with Gasteiger partial charge in [0.15, 0.2) is 0 Å². The molecule has 14 heteroatoms. The first-order valence-electron chi connectivity index (χ1n) is 22.6. The van der Waals surface area contributed by atoms with Crippen molar-refractivity contribution in [3.8, 4) is 28.1 Å². The molecule has 0 unspecified atom stereocenters. The summed E-state index contributed by atoms with van der Waals surface area (Å²) in [5.74, 6) is -0.921. The van der Waals surface area contributed by atoms with Gasteiger partial charge in [0.05, 0.1) is 30.1 Å². The highest BCUT2D eigenvalue weighted by atomic mass is 16.5. The third-order valence-corrected chi connectivity index (χ3v) is 13.6. The van der Waals surface area contributed by atoms with Crippen molar-refractivity contribution in [2.24, 2.45) is 23.2 Å². The number of aromatic nitrogens is 2. The van der Waals surface area contributed by atoms with Gasteiger partial charge in [-0.2, -0.15) is 0 Å². The predicted octanol–water partition coefficient (Wildman–Crippen LogP) is 5.54. The number of nitrogens with zero attached hydrogens (tertiary/aromatic N) is 4. The fourth-order valence-electron chi connectivity index (χ4n) is 10.2. The van der Waals surface area contributed by atoms with E-state index in [4.69, 9.17) is 14.5 Å². The van der Waals surface area contributed by atoms with E-state index in [0.717, 1.165) is 57.5 Å². The summed E-state index contributed by atoms with van der Waals surface area (Å²) in [5, 5.41) is 20.1. The molecule has 4 aliphatic rings. The van der Waals surface area contributed by atoms with E-state index in [9.17, 15) is 24.3 Å². The molecule has 3 aliphatic heterocycles. The van der Waals surface area contributed by atoms with E-state index >= 15 is 0 Å². The summed E-state index contributed by atoms with van der Waals surface area (Å²) in [7, 11) is 3.34. The van der Waals surface area contributed by atoms with Gasteiger partial charge in [-0.25, -0.2) is 5.43 Å². The molecule has 63 heavy (non-hydrogen) atoms. The van der Waals surface area contributed by atoms with Crippen molar-refractivity contribution in [1.82, 2.24) is 35.5 Å². The van der Waals surface area contributed by atoms with Crippen molar-refractivity contribution >= 4 is 34.6 Å². The molecular formula is C49H63N7O7. The van der Waals surface area contributed by atoms with Crippen LogP contribution in [0.15, 0.2) is 54.7 Å². The van der Waals surface area contributed by atoms with E-state index in [0.29, 0.717) is 43.8 Å². The number of nitrogens with one attached hydrogen (secondary N) is 3. The number of carbonyl (C=O) groups excluding carboxylic acids is 4. The van der Waals surface area contributed by atoms with Gasteiger partial charge in [0.1, 0.15) is 23.9 Å². The summed E-state index contributed by atoms with van der Waals surface area (Å²) in [6.07, 6.45) is 4.12. The number of piperidine rings is 1. The van der Waals surface area contributed by atoms with Crippen LogP contribution in [-0.2, 0) is 48.0 Å². The summed E-state index contributed by atoms with van der Waals surface area (Å²) in [5.41, 5.74) is 9.74. The van der Waals surface area contributed by atoms with Crippen LogP contribution in [0.25, 0.3) is 33.3 Å². The van der Waals surface area contributed by atoms with Crippen LogP contribution >= 0.6 is 0 Å². The molecule has 336 valence electrons. The van der Waals surface area contributed by atoms with Gasteiger partial charge in [0, 0.05) is 61.7 Å². The maximum absolute atomic E-state index is 14.7. The first-order valence-corrected chi connectivity index (χ1v) is 22.6. The third-order valence-electron chi connectivity index (χ3n) is 13.6. The zero-order chi connectivity index (χ0) is 44.9. The molecule has 2 aromatic carbocycles. The number of methoxy groups -OCH3 is 1. The van der Waals surface area contributed by atoms with Crippen molar-refractivity contribution in [1.29, 1.82) is 0 Å². The first-order chi connectivity index (χ1) is 30.1. The zero-order valence-corrected chi connectivity index (χ0v) is 37.9. The molecule has 6 bridgehead atoms. The maximum Gasteiger partial charge on any atom is 0.324 e. The van der Waals surface area contributed by atoms with Crippen LogP contribution in [0, 0.1) is 23.2 Å².